The Morgan fingerprint density at radius 2 is 2.11 bits per heavy atom. The fourth-order valence-corrected chi connectivity index (χ4v) is 1.68. The molecule has 0 bridgehead atoms. The SMILES string of the molecule is Cc1cnc(=O)n(CCCCC(C)(C)C(=O)O)c1. The van der Waals surface area contributed by atoms with Crippen LogP contribution in [0.15, 0.2) is 17.2 Å². The van der Waals surface area contributed by atoms with Crippen molar-refractivity contribution < 1.29 is 9.90 Å². The van der Waals surface area contributed by atoms with Crippen molar-refractivity contribution in [1.82, 2.24) is 9.55 Å². The van der Waals surface area contributed by atoms with E-state index in [1.54, 1.807) is 30.8 Å². The van der Waals surface area contributed by atoms with Crippen LogP contribution < -0.4 is 5.69 Å². The molecule has 0 saturated heterocycles. The van der Waals surface area contributed by atoms with Crippen LogP contribution in [0, 0.1) is 12.3 Å². The van der Waals surface area contributed by atoms with Gasteiger partial charge in [-0.25, -0.2) is 9.78 Å². The third-order valence-electron chi connectivity index (χ3n) is 3.01. The zero-order chi connectivity index (χ0) is 13.8. The molecular weight excluding hydrogens is 232 g/mol. The van der Waals surface area contributed by atoms with Gasteiger partial charge in [-0.05, 0) is 39.2 Å². The summed E-state index contributed by atoms with van der Waals surface area (Å²) >= 11 is 0. The second-order valence-electron chi connectivity index (χ2n) is 5.25. The summed E-state index contributed by atoms with van der Waals surface area (Å²) in [7, 11) is 0. The summed E-state index contributed by atoms with van der Waals surface area (Å²) in [6, 6.07) is 0. The van der Waals surface area contributed by atoms with E-state index in [1.807, 2.05) is 6.92 Å². The summed E-state index contributed by atoms with van der Waals surface area (Å²) in [5, 5.41) is 8.97. The summed E-state index contributed by atoms with van der Waals surface area (Å²) in [4.78, 5) is 26.1. The number of hydrogen-bond acceptors (Lipinski definition) is 3. The zero-order valence-electron chi connectivity index (χ0n) is 11.1. The predicted molar refractivity (Wildman–Crippen MR) is 68.5 cm³/mol. The van der Waals surface area contributed by atoms with Gasteiger partial charge in [-0.15, -0.1) is 0 Å². The van der Waals surface area contributed by atoms with Gasteiger partial charge in [0.25, 0.3) is 0 Å². The van der Waals surface area contributed by atoms with Gasteiger partial charge in [-0.3, -0.25) is 9.36 Å². The Kier molecular flexibility index (Phi) is 4.64. The maximum absolute atomic E-state index is 11.4. The van der Waals surface area contributed by atoms with Gasteiger partial charge in [0.15, 0.2) is 0 Å². The third-order valence-corrected chi connectivity index (χ3v) is 3.01. The first-order chi connectivity index (χ1) is 8.33. The Morgan fingerprint density at radius 3 is 2.72 bits per heavy atom. The molecule has 100 valence electrons. The van der Waals surface area contributed by atoms with Gasteiger partial charge in [-0.2, -0.15) is 0 Å². The molecule has 0 saturated carbocycles. The van der Waals surface area contributed by atoms with Gasteiger partial charge in [-0.1, -0.05) is 6.42 Å². The molecule has 0 fully saturated rings. The molecule has 1 heterocycles. The van der Waals surface area contributed by atoms with Crippen molar-refractivity contribution in [2.75, 3.05) is 0 Å². The fourth-order valence-electron chi connectivity index (χ4n) is 1.68. The lowest BCUT2D eigenvalue weighted by atomic mass is 9.87. The van der Waals surface area contributed by atoms with Gasteiger partial charge in [0.2, 0.25) is 0 Å². The lowest BCUT2D eigenvalue weighted by Gasteiger charge is -2.18. The topological polar surface area (TPSA) is 72.2 Å². The van der Waals surface area contributed by atoms with Crippen LogP contribution in [0.1, 0.15) is 38.7 Å². The summed E-state index contributed by atoms with van der Waals surface area (Å²) in [5.74, 6) is -0.781. The molecule has 5 heteroatoms. The van der Waals surface area contributed by atoms with Gasteiger partial charge in [0.1, 0.15) is 0 Å². The molecule has 1 aromatic heterocycles. The molecule has 0 spiro atoms. The predicted octanol–water partition coefficient (Wildman–Crippen LogP) is 1.83. The minimum atomic E-state index is -0.781. The summed E-state index contributed by atoms with van der Waals surface area (Å²) in [6.45, 7) is 5.91. The minimum Gasteiger partial charge on any atom is -0.481 e. The van der Waals surface area contributed by atoms with Crippen molar-refractivity contribution in [3.05, 3.63) is 28.4 Å². The molecule has 0 unspecified atom stereocenters. The standard InChI is InChI=1S/C13H20N2O3/c1-10-8-14-12(18)15(9-10)7-5-4-6-13(2,3)11(16)17/h8-9H,4-7H2,1-3H3,(H,16,17). The highest BCUT2D eigenvalue weighted by molar-refractivity contribution is 5.73. The highest BCUT2D eigenvalue weighted by atomic mass is 16.4. The number of nitrogens with zero attached hydrogens (tertiary/aromatic N) is 2. The van der Waals surface area contributed by atoms with Crippen LogP contribution in [0.4, 0.5) is 0 Å². The van der Waals surface area contributed by atoms with E-state index in [1.165, 1.54) is 0 Å². The number of carboxylic acid groups (broad SMARTS) is 1. The zero-order valence-corrected chi connectivity index (χ0v) is 11.1. The van der Waals surface area contributed by atoms with Crippen molar-refractivity contribution >= 4 is 5.97 Å². The first kappa shape index (κ1) is 14.4. The molecule has 1 N–H and O–H groups in total. The van der Waals surface area contributed by atoms with Crippen molar-refractivity contribution in [1.29, 1.82) is 0 Å². The second-order valence-corrected chi connectivity index (χ2v) is 5.25. The van der Waals surface area contributed by atoms with Crippen LogP contribution >= 0.6 is 0 Å². The number of unbranched alkanes of at least 4 members (excludes halogenated alkanes) is 1. The average Bonchev–Trinajstić information content (AvgIpc) is 2.28. The fraction of sp³-hybridized carbons (Fsp3) is 0.615. The van der Waals surface area contributed by atoms with E-state index in [4.69, 9.17) is 5.11 Å². The molecule has 0 aromatic carbocycles. The van der Waals surface area contributed by atoms with E-state index in [0.717, 1.165) is 18.4 Å². The van der Waals surface area contributed by atoms with Crippen LogP contribution in [0.5, 0.6) is 0 Å². The maximum Gasteiger partial charge on any atom is 0.347 e. The Morgan fingerprint density at radius 1 is 1.44 bits per heavy atom. The number of aliphatic carboxylic acids is 1. The molecule has 0 atom stereocenters. The minimum absolute atomic E-state index is 0.252. The molecule has 0 aliphatic rings. The van der Waals surface area contributed by atoms with Crippen LogP contribution in [-0.2, 0) is 11.3 Å². The van der Waals surface area contributed by atoms with Crippen LogP contribution in [0.25, 0.3) is 0 Å². The highest BCUT2D eigenvalue weighted by Crippen LogP contribution is 2.23. The van der Waals surface area contributed by atoms with E-state index in [9.17, 15) is 9.59 Å². The van der Waals surface area contributed by atoms with E-state index < -0.39 is 11.4 Å². The Labute approximate surface area is 106 Å². The Hall–Kier alpha value is -1.65. The number of hydrogen-bond donors (Lipinski definition) is 1. The number of carbonyl (C=O) groups is 1. The van der Waals surface area contributed by atoms with Gasteiger partial charge in [0.05, 0.1) is 5.41 Å². The molecule has 0 aliphatic heterocycles. The monoisotopic (exact) mass is 252 g/mol. The largest absolute Gasteiger partial charge is 0.481 e. The average molecular weight is 252 g/mol. The van der Waals surface area contributed by atoms with Crippen LogP contribution in [0.2, 0.25) is 0 Å². The quantitative estimate of drug-likeness (QED) is 0.784. The first-order valence-electron chi connectivity index (χ1n) is 6.09. The van der Waals surface area contributed by atoms with E-state index >= 15 is 0 Å². The third kappa shape index (κ3) is 3.98. The van der Waals surface area contributed by atoms with Crippen molar-refractivity contribution in [3.8, 4) is 0 Å². The summed E-state index contributed by atoms with van der Waals surface area (Å²) < 4.78 is 1.57. The van der Waals surface area contributed by atoms with Crippen molar-refractivity contribution in [3.63, 3.8) is 0 Å². The smallest absolute Gasteiger partial charge is 0.347 e. The summed E-state index contributed by atoms with van der Waals surface area (Å²) in [6.07, 6.45) is 5.49. The van der Waals surface area contributed by atoms with E-state index in [0.29, 0.717) is 13.0 Å². The Bertz CT molecular complexity index is 477. The second kappa shape index (κ2) is 5.80. The summed E-state index contributed by atoms with van der Waals surface area (Å²) in [5.41, 5.74) is -0.00548. The molecule has 0 amide bonds. The van der Waals surface area contributed by atoms with E-state index in [-0.39, 0.29) is 5.69 Å². The molecule has 18 heavy (non-hydrogen) atoms. The van der Waals surface area contributed by atoms with Gasteiger partial charge >= 0.3 is 11.7 Å². The molecule has 0 radical (unpaired) electrons. The van der Waals surface area contributed by atoms with Crippen LogP contribution in [-0.4, -0.2) is 20.6 Å². The normalized spacial score (nSPS) is 11.5. The maximum atomic E-state index is 11.4. The van der Waals surface area contributed by atoms with Crippen molar-refractivity contribution in [2.24, 2.45) is 5.41 Å². The lowest BCUT2D eigenvalue weighted by Crippen LogP contribution is -2.24. The number of aromatic nitrogens is 2. The molecule has 1 aromatic rings. The number of rotatable bonds is 6. The lowest BCUT2D eigenvalue weighted by molar-refractivity contribution is -0.147. The van der Waals surface area contributed by atoms with E-state index in [2.05, 4.69) is 4.98 Å². The molecule has 0 aliphatic carbocycles. The van der Waals surface area contributed by atoms with Crippen LogP contribution in [0.3, 0.4) is 0 Å². The van der Waals surface area contributed by atoms with Crippen molar-refractivity contribution in [2.45, 2.75) is 46.6 Å². The first-order valence-corrected chi connectivity index (χ1v) is 6.09. The molecule has 5 nitrogen and oxygen atoms in total. The van der Waals surface area contributed by atoms with Gasteiger partial charge in [0, 0.05) is 18.9 Å². The molecular formula is C13H20N2O3. The highest BCUT2D eigenvalue weighted by Gasteiger charge is 2.25. The number of carboxylic acids is 1. The number of aryl methyl sites for hydroxylation is 2. The Balaban J connectivity index is 2.45. The molecule has 1 rings (SSSR count). The van der Waals surface area contributed by atoms with Gasteiger partial charge < -0.3 is 5.11 Å².